The van der Waals surface area contributed by atoms with E-state index in [9.17, 15) is 4.39 Å². The lowest BCUT2D eigenvalue weighted by Crippen LogP contribution is -2.19. The molecule has 112 valence electrons. The van der Waals surface area contributed by atoms with Gasteiger partial charge in [-0.15, -0.1) is 0 Å². The molecule has 0 amide bonds. The van der Waals surface area contributed by atoms with Gasteiger partial charge in [0.1, 0.15) is 23.3 Å². The van der Waals surface area contributed by atoms with Gasteiger partial charge >= 0.3 is 0 Å². The quantitative estimate of drug-likeness (QED) is 0.878. The first-order valence-corrected chi connectivity index (χ1v) is 7.26. The number of anilines is 3. The maximum atomic E-state index is 13.5. The first-order valence-electron chi connectivity index (χ1n) is 7.26. The van der Waals surface area contributed by atoms with E-state index in [0.717, 1.165) is 36.0 Å². The SMILES string of the molecule is CCCc1nc(NC)cc(N(CC)c2cccc(F)c2)n1. The van der Waals surface area contributed by atoms with Gasteiger partial charge in [0.25, 0.3) is 0 Å². The average Bonchev–Trinajstić information content (AvgIpc) is 2.48. The number of aryl methyl sites for hydroxylation is 1. The fourth-order valence-corrected chi connectivity index (χ4v) is 2.21. The second-order valence-corrected chi connectivity index (χ2v) is 4.75. The highest BCUT2D eigenvalue weighted by Crippen LogP contribution is 2.25. The Bertz CT molecular complexity index is 601. The number of rotatable bonds is 6. The first kappa shape index (κ1) is 15.2. The van der Waals surface area contributed by atoms with E-state index >= 15 is 0 Å². The van der Waals surface area contributed by atoms with Crippen LogP contribution in [0.15, 0.2) is 30.3 Å². The van der Waals surface area contributed by atoms with Crippen molar-refractivity contribution in [3.8, 4) is 0 Å². The zero-order valence-electron chi connectivity index (χ0n) is 12.7. The van der Waals surface area contributed by atoms with Crippen LogP contribution in [0.2, 0.25) is 0 Å². The molecule has 0 aliphatic heterocycles. The van der Waals surface area contributed by atoms with Gasteiger partial charge in [-0.2, -0.15) is 0 Å². The third-order valence-electron chi connectivity index (χ3n) is 3.20. The van der Waals surface area contributed by atoms with E-state index in [0.29, 0.717) is 6.54 Å². The van der Waals surface area contributed by atoms with Crippen molar-refractivity contribution < 1.29 is 4.39 Å². The van der Waals surface area contributed by atoms with Gasteiger partial charge in [0, 0.05) is 31.8 Å². The van der Waals surface area contributed by atoms with Gasteiger partial charge in [0.15, 0.2) is 0 Å². The minimum atomic E-state index is -0.248. The van der Waals surface area contributed by atoms with E-state index in [1.165, 1.54) is 12.1 Å². The van der Waals surface area contributed by atoms with E-state index < -0.39 is 0 Å². The zero-order chi connectivity index (χ0) is 15.2. The molecule has 0 aliphatic rings. The van der Waals surface area contributed by atoms with E-state index in [2.05, 4.69) is 22.2 Å². The zero-order valence-corrected chi connectivity index (χ0v) is 12.7. The lowest BCUT2D eigenvalue weighted by atomic mass is 10.2. The van der Waals surface area contributed by atoms with Crippen LogP contribution in [-0.4, -0.2) is 23.6 Å². The van der Waals surface area contributed by atoms with Crippen LogP contribution in [0, 0.1) is 5.82 Å². The number of aromatic nitrogens is 2. The molecular formula is C16H21FN4. The predicted molar refractivity (Wildman–Crippen MR) is 84.7 cm³/mol. The van der Waals surface area contributed by atoms with Crippen LogP contribution in [0.3, 0.4) is 0 Å². The van der Waals surface area contributed by atoms with Gasteiger partial charge in [0.2, 0.25) is 0 Å². The van der Waals surface area contributed by atoms with Crippen molar-refractivity contribution in [2.24, 2.45) is 0 Å². The molecule has 0 unspecified atom stereocenters. The van der Waals surface area contributed by atoms with Crippen molar-refractivity contribution in [3.05, 3.63) is 42.0 Å². The van der Waals surface area contributed by atoms with Gasteiger partial charge in [-0.05, 0) is 31.5 Å². The molecule has 2 rings (SSSR count). The molecule has 0 radical (unpaired) electrons. The molecule has 5 heteroatoms. The number of halogens is 1. The van der Waals surface area contributed by atoms with Crippen LogP contribution < -0.4 is 10.2 Å². The monoisotopic (exact) mass is 288 g/mol. The van der Waals surface area contributed by atoms with E-state index in [4.69, 9.17) is 0 Å². The molecule has 0 saturated carbocycles. The van der Waals surface area contributed by atoms with E-state index in [1.54, 1.807) is 6.07 Å². The summed E-state index contributed by atoms with van der Waals surface area (Å²) >= 11 is 0. The Balaban J connectivity index is 2.43. The molecule has 0 bridgehead atoms. The van der Waals surface area contributed by atoms with Crippen LogP contribution in [0.5, 0.6) is 0 Å². The number of hydrogen-bond donors (Lipinski definition) is 1. The van der Waals surface area contributed by atoms with E-state index in [1.807, 2.05) is 31.0 Å². The molecule has 2 aromatic rings. The predicted octanol–water partition coefficient (Wildman–Crippen LogP) is 3.77. The fourth-order valence-electron chi connectivity index (χ4n) is 2.21. The van der Waals surface area contributed by atoms with Crippen molar-refractivity contribution in [2.75, 3.05) is 23.8 Å². The molecule has 0 fully saturated rings. The minimum Gasteiger partial charge on any atom is -0.373 e. The minimum absolute atomic E-state index is 0.248. The lowest BCUT2D eigenvalue weighted by molar-refractivity contribution is 0.627. The molecule has 21 heavy (non-hydrogen) atoms. The summed E-state index contributed by atoms with van der Waals surface area (Å²) < 4.78 is 13.5. The average molecular weight is 288 g/mol. The van der Waals surface area contributed by atoms with Crippen molar-refractivity contribution in [2.45, 2.75) is 26.7 Å². The molecule has 0 aliphatic carbocycles. The Morgan fingerprint density at radius 3 is 2.62 bits per heavy atom. The summed E-state index contributed by atoms with van der Waals surface area (Å²) in [6.45, 7) is 4.82. The van der Waals surface area contributed by atoms with Crippen molar-refractivity contribution in [1.82, 2.24) is 9.97 Å². The van der Waals surface area contributed by atoms with Gasteiger partial charge in [0.05, 0.1) is 0 Å². The van der Waals surface area contributed by atoms with Crippen molar-refractivity contribution >= 4 is 17.3 Å². The molecule has 1 aromatic carbocycles. The molecule has 1 aromatic heterocycles. The summed E-state index contributed by atoms with van der Waals surface area (Å²) in [5.74, 6) is 2.11. The fraction of sp³-hybridized carbons (Fsp3) is 0.375. The van der Waals surface area contributed by atoms with Gasteiger partial charge in [-0.3, -0.25) is 0 Å². The standard InChI is InChI=1S/C16H21FN4/c1-4-7-14-19-15(18-3)11-16(20-14)21(5-2)13-9-6-8-12(17)10-13/h6,8-11H,4-5,7H2,1-3H3,(H,18,19,20). The smallest absolute Gasteiger partial charge is 0.138 e. The molecule has 0 saturated heterocycles. The van der Waals surface area contributed by atoms with Crippen molar-refractivity contribution in [3.63, 3.8) is 0 Å². The highest BCUT2D eigenvalue weighted by molar-refractivity contribution is 5.62. The summed E-state index contributed by atoms with van der Waals surface area (Å²) in [5.41, 5.74) is 0.792. The van der Waals surface area contributed by atoms with Gasteiger partial charge in [-0.1, -0.05) is 13.0 Å². The Morgan fingerprint density at radius 1 is 1.19 bits per heavy atom. The molecule has 1 heterocycles. The highest BCUT2D eigenvalue weighted by Gasteiger charge is 2.12. The lowest BCUT2D eigenvalue weighted by Gasteiger charge is -2.23. The highest BCUT2D eigenvalue weighted by atomic mass is 19.1. The van der Waals surface area contributed by atoms with Crippen LogP contribution >= 0.6 is 0 Å². The summed E-state index contributed by atoms with van der Waals surface area (Å²) in [6, 6.07) is 8.43. The van der Waals surface area contributed by atoms with Crippen molar-refractivity contribution in [1.29, 1.82) is 0 Å². The number of nitrogens with one attached hydrogen (secondary N) is 1. The maximum absolute atomic E-state index is 13.5. The molecule has 4 nitrogen and oxygen atoms in total. The Kier molecular flexibility index (Phi) is 5.09. The summed E-state index contributed by atoms with van der Waals surface area (Å²) in [7, 11) is 1.83. The van der Waals surface area contributed by atoms with Crippen LogP contribution in [0.4, 0.5) is 21.7 Å². The van der Waals surface area contributed by atoms with Crippen LogP contribution in [0.25, 0.3) is 0 Å². The van der Waals surface area contributed by atoms with Gasteiger partial charge in [-0.25, -0.2) is 14.4 Å². The number of hydrogen-bond acceptors (Lipinski definition) is 4. The summed E-state index contributed by atoms with van der Waals surface area (Å²) in [4.78, 5) is 11.0. The molecule has 0 atom stereocenters. The first-order chi connectivity index (χ1) is 10.2. The summed E-state index contributed by atoms with van der Waals surface area (Å²) in [5, 5.41) is 3.06. The topological polar surface area (TPSA) is 41.1 Å². The molecular weight excluding hydrogens is 267 g/mol. The van der Waals surface area contributed by atoms with Crippen LogP contribution in [0.1, 0.15) is 26.1 Å². The third-order valence-corrected chi connectivity index (χ3v) is 3.20. The van der Waals surface area contributed by atoms with Gasteiger partial charge < -0.3 is 10.2 Å². The number of nitrogens with zero attached hydrogens (tertiary/aromatic N) is 3. The molecule has 1 N–H and O–H groups in total. The normalized spacial score (nSPS) is 10.5. The Hall–Kier alpha value is -2.17. The third kappa shape index (κ3) is 3.68. The summed E-state index contributed by atoms with van der Waals surface area (Å²) in [6.07, 6.45) is 1.81. The van der Waals surface area contributed by atoms with Crippen LogP contribution in [-0.2, 0) is 6.42 Å². The Labute approximate surface area is 125 Å². The maximum Gasteiger partial charge on any atom is 0.138 e. The van der Waals surface area contributed by atoms with E-state index in [-0.39, 0.29) is 5.82 Å². The Morgan fingerprint density at radius 2 is 2.00 bits per heavy atom. The number of benzene rings is 1. The molecule has 0 spiro atoms. The largest absolute Gasteiger partial charge is 0.373 e. The second kappa shape index (κ2) is 7.02. The second-order valence-electron chi connectivity index (χ2n) is 4.75.